The number of hydrogen-bond acceptors (Lipinski definition) is 6. The molecular formula is C26H33N5O3S. The van der Waals surface area contributed by atoms with Crippen molar-refractivity contribution in [2.24, 2.45) is 0 Å². The highest BCUT2D eigenvalue weighted by Crippen LogP contribution is 2.29. The standard InChI is InChI=1S/C26H33N5O3S/c1-17-13-30(14-18(2)34-17)21-8-6-7-19(11-21)22-16-35-25(28-22)29-23(32)12-27-24(33)20-9-10-31(15-20)26(3,4)5/h6-11,15-18H,12-14H2,1-5H3,(H,27,33)(H,28,29,32)/t17-,18+. The van der Waals surface area contributed by atoms with Crippen LogP contribution >= 0.6 is 11.3 Å². The molecule has 0 unspecified atom stereocenters. The van der Waals surface area contributed by atoms with Gasteiger partial charge in [-0.25, -0.2) is 4.98 Å². The van der Waals surface area contributed by atoms with Crippen LogP contribution in [0.2, 0.25) is 0 Å². The molecule has 0 aliphatic carbocycles. The van der Waals surface area contributed by atoms with Crippen molar-refractivity contribution in [2.75, 3.05) is 29.9 Å². The van der Waals surface area contributed by atoms with E-state index in [1.807, 2.05) is 28.3 Å². The van der Waals surface area contributed by atoms with Gasteiger partial charge in [-0.05, 0) is 52.8 Å². The molecule has 0 radical (unpaired) electrons. The second-order valence-electron chi connectivity index (χ2n) is 9.96. The molecule has 2 aromatic heterocycles. The maximum atomic E-state index is 12.4. The number of ether oxygens (including phenoxy) is 1. The van der Waals surface area contributed by atoms with E-state index in [1.165, 1.54) is 11.3 Å². The van der Waals surface area contributed by atoms with Crippen LogP contribution in [0.1, 0.15) is 45.0 Å². The summed E-state index contributed by atoms with van der Waals surface area (Å²) in [6, 6.07) is 10.0. The summed E-state index contributed by atoms with van der Waals surface area (Å²) < 4.78 is 7.81. The number of hydrogen-bond donors (Lipinski definition) is 2. The third kappa shape index (κ3) is 6.29. The minimum absolute atomic E-state index is 0.114. The Kier molecular flexibility index (Phi) is 7.28. The molecule has 2 N–H and O–H groups in total. The lowest BCUT2D eigenvalue weighted by Gasteiger charge is -2.37. The number of carbonyl (C=O) groups excluding carboxylic acids is 2. The quantitative estimate of drug-likeness (QED) is 0.531. The average Bonchev–Trinajstić information content (AvgIpc) is 3.47. The third-order valence-corrected chi connectivity index (χ3v) is 6.57. The van der Waals surface area contributed by atoms with Gasteiger partial charge >= 0.3 is 0 Å². The summed E-state index contributed by atoms with van der Waals surface area (Å²) in [6.45, 7) is 11.9. The fourth-order valence-corrected chi connectivity index (χ4v) is 4.82. The number of anilines is 2. The molecule has 186 valence electrons. The molecule has 3 heterocycles. The summed E-state index contributed by atoms with van der Waals surface area (Å²) in [4.78, 5) is 31.7. The zero-order chi connectivity index (χ0) is 25.2. The minimum Gasteiger partial charge on any atom is -0.372 e. The number of benzene rings is 1. The first kappa shape index (κ1) is 24.9. The van der Waals surface area contributed by atoms with E-state index in [0.29, 0.717) is 10.7 Å². The van der Waals surface area contributed by atoms with Crippen LogP contribution in [0.15, 0.2) is 48.1 Å². The van der Waals surface area contributed by atoms with Crippen LogP contribution in [0.4, 0.5) is 10.8 Å². The summed E-state index contributed by atoms with van der Waals surface area (Å²) >= 11 is 1.36. The third-order valence-electron chi connectivity index (χ3n) is 5.82. The highest BCUT2D eigenvalue weighted by molar-refractivity contribution is 7.14. The predicted octanol–water partition coefficient (Wildman–Crippen LogP) is 4.35. The Morgan fingerprint density at radius 2 is 1.91 bits per heavy atom. The lowest BCUT2D eigenvalue weighted by atomic mass is 10.1. The smallest absolute Gasteiger partial charge is 0.253 e. The molecule has 1 aliphatic heterocycles. The Morgan fingerprint density at radius 3 is 2.60 bits per heavy atom. The molecule has 9 heteroatoms. The van der Waals surface area contributed by atoms with Crippen molar-refractivity contribution in [1.29, 1.82) is 0 Å². The van der Waals surface area contributed by atoms with Gasteiger partial charge in [0.25, 0.3) is 5.91 Å². The van der Waals surface area contributed by atoms with Crippen molar-refractivity contribution in [3.8, 4) is 11.3 Å². The van der Waals surface area contributed by atoms with Crippen molar-refractivity contribution in [2.45, 2.75) is 52.4 Å². The van der Waals surface area contributed by atoms with Crippen molar-refractivity contribution in [3.05, 3.63) is 53.7 Å². The first-order chi connectivity index (χ1) is 16.6. The van der Waals surface area contributed by atoms with E-state index in [4.69, 9.17) is 4.74 Å². The molecule has 1 fully saturated rings. The number of nitrogens with one attached hydrogen (secondary N) is 2. The van der Waals surface area contributed by atoms with Crippen LogP contribution < -0.4 is 15.5 Å². The van der Waals surface area contributed by atoms with E-state index >= 15 is 0 Å². The lowest BCUT2D eigenvalue weighted by Crippen LogP contribution is -2.45. The molecule has 35 heavy (non-hydrogen) atoms. The fraction of sp³-hybridized carbons (Fsp3) is 0.423. The van der Waals surface area contributed by atoms with Crippen molar-refractivity contribution in [3.63, 3.8) is 0 Å². The van der Waals surface area contributed by atoms with Crippen LogP contribution in [0.5, 0.6) is 0 Å². The van der Waals surface area contributed by atoms with Gasteiger partial charge in [0.1, 0.15) is 0 Å². The number of morpholine rings is 1. The zero-order valence-electron chi connectivity index (χ0n) is 20.9. The van der Waals surface area contributed by atoms with Gasteiger partial charge in [-0.2, -0.15) is 0 Å². The molecule has 0 bridgehead atoms. The molecule has 4 rings (SSSR count). The average molecular weight is 496 g/mol. The van der Waals surface area contributed by atoms with Gasteiger partial charge in [-0.3, -0.25) is 9.59 Å². The van der Waals surface area contributed by atoms with E-state index in [2.05, 4.69) is 67.3 Å². The molecular weight excluding hydrogens is 462 g/mol. The van der Waals surface area contributed by atoms with Crippen molar-refractivity contribution in [1.82, 2.24) is 14.9 Å². The maximum Gasteiger partial charge on any atom is 0.253 e. The maximum absolute atomic E-state index is 12.4. The summed E-state index contributed by atoms with van der Waals surface area (Å²) in [6.07, 6.45) is 4.01. The molecule has 1 saturated heterocycles. The number of nitrogens with zero attached hydrogens (tertiary/aromatic N) is 3. The summed E-state index contributed by atoms with van der Waals surface area (Å²) in [5.74, 6) is -0.605. The molecule has 2 amide bonds. The van der Waals surface area contributed by atoms with Crippen molar-refractivity contribution < 1.29 is 14.3 Å². The molecule has 8 nitrogen and oxygen atoms in total. The molecule has 1 aliphatic rings. The Balaban J connectivity index is 1.34. The van der Waals surface area contributed by atoms with Gasteiger partial charge in [0.2, 0.25) is 5.91 Å². The van der Waals surface area contributed by atoms with E-state index in [0.717, 1.165) is 30.0 Å². The molecule has 2 atom stereocenters. The van der Waals surface area contributed by atoms with E-state index in [1.54, 1.807) is 12.3 Å². The second-order valence-corrected chi connectivity index (χ2v) is 10.8. The van der Waals surface area contributed by atoms with E-state index in [-0.39, 0.29) is 36.1 Å². The number of amides is 2. The molecule has 1 aromatic carbocycles. The Labute approximate surface area is 210 Å². The van der Waals surface area contributed by atoms with E-state index < -0.39 is 0 Å². The molecule has 0 saturated carbocycles. The first-order valence-corrected chi connectivity index (χ1v) is 12.7. The van der Waals surface area contributed by atoms with Gasteiger partial charge in [0, 0.05) is 47.7 Å². The lowest BCUT2D eigenvalue weighted by molar-refractivity contribution is -0.115. The SMILES string of the molecule is C[C@@H]1CN(c2cccc(-c3csc(NC(=O)CNC(=O)c4ccn(C(C)(C)C)c4)n3)c2)C[C@H](C)O1. The molecule has 0 spiro atoms. The monoisotopic (exact) mass is 495 g/mol. The fourth-order valence-electron chi connectivity index (χ4n) is 4.09. The topological polar surface area (TPSA) is 88.5 Å². The molecule has 3 aromatic rings. The Bertz CT molecular complexity index is 1190. The van der Waals surface area contributed by atoms with Gasteiger partial charge in [0.05, 0.1) is 30.0 Å². The minimum atomic E-state index is -0.320. The Hall–Kier alpha value is -3.17. The number of rotatable bonds is 6. The van der Waals surface area contributed by atoms with Crippen LogP contribution in [-0.2, 0) is 15.1 Å². The highest BCUT2D eigenvalue weighted by atomic mass is 32.1. The van der Waals surface area contributed by atoms with Gasteiger partial charge in [-0.1, -0.05) is 12.1 Å². The predicted molar refractivity (Wildman–Crippen MR) is 140 cm³/mol. The Morgan fingerprint density at radius 1 is 1.17 bits per heavy atom. The second kappa shape index (κ2) is 10.2. The van der Waals surface area contributed by atoms with Gasteiger partial charge in [-0.15, -0.1) is 11.3 Å². The largest absolute Gasteiger partial charge is 0.372 e. The number of aromatic nitrogens is 2. The summed E-state index contributed by atoms with van der Waals surface area (Å²) in [5, 5.41) is 7.87. The van der Waals surface area contributed by atoms with E-state index in [9.17, 15) is 9.59 Å². The van der Waals surface area contributed by atoms with Crippen LogP contribution in [-0.4, -0.2) is 53.2 Å². The number of thiazole rings is 1. The highest BCUT2D eigenvalue weighted by Gasteiger charge is 2.23. The zero-order valence-corrected chi connectivity index (χ0v) is 21.7. The first-order valence-electron chi connectivity index (χ1n) is 11.8. The number of carbonyl (C=O) groups is 2. The van der Waals surface area contributed by atoms with Gasteiger partial charge < -0.3 is 24.8 Å². The van der Waals surface area contributed by atoms with Gasteiger partial charge in [0.15, 0.2) is 5.13 Å². The van der Waals surface area contributed by atoms with Crippen LogP contribution in [0, 0.1) is 0 Å². The normalized spacial score (nSPS) is 18.4. The van der Waals surface area contributed by atoms with Crippen LogP contribution in [0.3, 0.4) is 0 Å². The van der Waals surface area contributed by atoms with Crippen LogP contribution in [0.25, 0.3) is 11.3 Å². The summed E-state index contributed by atoms with van der Waals surface area (Å²) in [5.41, 5.74) is 3.33. The van der Waals surface area contributed by atoms with Crippen molar-refractivity contribution >= 4 is 34.0 Å². The summed E-state index contributed by atoms with van der Waals surface area (Å²) in [7, 11) is 0.